The minimum absolute atomic E-state index is 0.632. The van der Waals surface area contributed by atoms with Crippen molar-refractivity contribution in [3.05, 3.63) is 45.3 Å². The second-order valence-electron chi connectivity index (χ2n) is 4.34. The van der Waals surface area contributed by atoms with E-state index >= 15 is 0 Å². The molecule has 0 unspecified atom stereocenters. The van der Waals surface area contributed by atoms with Crippen molar-refractivity contribution >= 4 is 0 Å². The van der Waals surface area contributed by atoms with E-state index in [1.54, 1.807) is 8.87 Å². The zero-order valence-electron chi connectivity index (χ0n) is 11.1. The van der Waals surface area contributed by atoms with Crippen molar-refractivity contribution in [2.24, 2.45) is 0 Å². The fourth-order valence-corrected chi connectivity index (χ4v) is 3.22. The normalized spacial score (nSPS) is 16.6. The molecule has 0 amide bonds. The van der Waals surface area contributed by atoms with Gasteiger partial charge in [-0.15, -0.1) is 0 Å². The zero-order valence-corrected chi connectivity index (χ0v) is 12.4. The molecule has 0 aromatic heterocycles. The van der Waals surface area contributed by atoms with E-state index < -0.39 is 0 Å². The summed E-state index contributed by atoms with van der Waals surface area (Å²) >= 11 is 0.632. The van der Waals surface area contributed by atoms with Crippen LogP contribution in [0.15, 0.2) is 45.3 Å². The maximum absolute atomic E-state index is 2.26. The van der Waals surface area contributed by atoms with Gasteiger partial charge >= 0.3 is 73.4 Å². The molecule has 0 radical (unpaired) electrons. The molecular formula is C16H24Cr. The first-order valence-corrected chi connectivity index (χ1v) is 8.03. The van der Waals surface area contributed by atoms with E-state index in [2.05, 4.69) is 50.3 Å². The van der Waals surface area contributed by atoms with Crippen molar-refractivity contribution in [1.29, 1.82) is 0 Å². The Hall–Kier alpha value is -0.508. The molecule has 0 aromatic carbocycles. The topological polar surface area (TPSA) is 0 Å². The third kappa shape index (κ3) is 6.72. The van der Waals surface area contributed by atoms with Crippen molar-refractivity contribution in [3.63, 3.8) is 0 Å². The first-order valence-electron chi connectivity index (χ1n) is 6.76. The summed E-state index contributed by atoms with van der Waals surface area (Å²) in [4.78, 5) is 0. The van der Waals surface area contributed by atoms with Gasteiger partial charge in [-0.1, -0.05) is 39.5 Å². The zero-order chi connectivity index (χ0) is 12.3. The molecule has 0 atom stereocenters. The smallest absolute Gasteiger partial charge is 0.0536 e. The summed E-state index contributed by atoms with van der Waals surface area (Å²) in [6.07, 6.45) is 21.3. The van der Waals surface area contributed by atoms with Gasteiger partial charge in [0, 0.05) is 0 Å². The maximum atomic E-state index is 2.26. The van der Waals surface area contributed by atoms with E-state index in [0.717, 1.165) is 0 Å². The standard InChI is InChI=1S/C6H14.2C5H5.Cr/c1-3-5-6-4-2;2*1-2-4-5-3-1;/h3-6H2,1-2H3;2*1-3H,4H2;. The Bertz CT molecular complexity index is 286. The third-order valence-electron chi connectivity index (χ3n) is 2.69. The maximum Gasteiger partial charge on any atom is -0.0536 e. The molecule has 0 nitrogen and oxygen atoms in total. The third-order valence-corrected chi connectivity index (χ3v) is 4.46. The Balaban J connectivity index is 0.000000209. The van der Waals surface area contributed by atoms with Gasteiger partial charge in [0.1, 0.15) is 0 Å². The molecule has 0 aromatic rings. The fourth-order valence-electron chi connectivity index (χ4n) is 1.67. The molecule has 0 spiro atoms. The quantitative estimate of drug-likeness (QED) is 0.590. The molecule has 0 saturated carbocycles. The average molecular weight is 268 g/mol. The minimum atomic E-state index is 0.632. The van der Waals surface area contributed by atoms with Gasteiger partial charge in [0.25, 0.3) is 0 Å². The molecule has 0 saturated heterocycles. The molecule has 0 fully saturated rings. The van der Waals surface area contributed by atoms with Crippen LogP contribution in [0.4, 0.5) is 0 Å². The van der Waals surface area contributed by atoms with Gasteiger partial charge in [-0.2, -0.15) is 0 Å². The van der Waals surface area contributed by atoms with Crippen LogP contribution in [0.25, 0.3) is 0 Å². The predicted molar refractivity (Wildman–Crippen MR) is 73.5 cm³/mol. The summed E-state index contributed by atoms with van der Waals surface area (Å²) in [5, 5.41) is 0. The SMILES string of the molecule is C1=CC[C]([Cr][C]2=CC=CC2)=C1.CCCCCC. The molecule has 17 heavy (non-hydrogen) atoms. The molecule has 0 N–H and O–H groups in total. The first kappa shape index (κ1) is 14.6. The number of allylic oxidation sites excluding steroid dienone is 8. The minimum Gasteiger partial charge on any atom is -0.0654 e. The van der Waals surface area contributed by atoms with E-state index in [-0.39, 0.29) is 0 Å². The van der Waals surface area contributed by atoms with Gasteiger partial charge in [-0.05, 0) is 0 Å². The summed E-state index contributed by atoms with van der Waals surface area (Å²) < 4.78 is 3.24. The summed E-state index contributed by atoms with van der Waals surface area (Å²) in [5.41, 5.74) is 0. The summed E-state index contributed by atoms with van der Waals surface area (Å²) in [6.45, 7) is 4.46. The monoisotopic (exact) mass is 268 g/mol. The van der Waals surface area contributed by atoms with Gasteiger partial charge in [-0.25, -0.2) is 0 Å². The summed E-state index contributed by atoms with van der Waals surface area (Å²) in [7, 11) is 0. The number of rotatable bonds is 5. The molecule has 1 heteroatoms. The Morgan fingerprint density at radius 3 is 1.65 bits per heavy atom. The number of hydrogen-bond acceptors (Lipinski definition) is 0. The van der Waals surface area contributed by atoms with E-state index in [1.807, 2.05) is 0 Å². The van der Waals surface area contributed by atoms with E-state index in [1.165, 1.54) is 38.5 Å². The van der Waals surface area contributed by atoms with Gasteiger partial charge in [0.05, 0.1) is 0 Å². The molecule has 2 aliphatic carbocycles. The molecule has 0 aliphatic heterocycles. The van der Waals surface area contributed by atoms with Crippen molar-refractivity contribution in [2.75, 3.05) is 0 Å². The van der Waals surface area contributed by atoms with E-state index in [9.17, 15) is 0 Å². The van der Waals surface area contributed by atoms with Crippen LogP contribution >= 0.6 is 0 Å². The Kier molecular flexibility index (Phi) is 8.15. The largest absolute Gasteiger partial charge is 0.0654 e. The number of unbranched alkanes of at least 4 members (excludes halogenated alkanes) is 3. The summed E-state index contributed by atoms with van der Waals surface area (Å²) in [5.74, 6) is 0. The van der Waals surface area contributed by atoms with Crippen molar-refractivity contribution < 1.29 is 15.2 Å². The molecule has 2 aliphatic rings. The van der Waals surface area contributed by atoms with Crippen LogP contribution in [0.1, 0.15) is 52.4 Å². The van der Waals surface area contributed by atoms with Crippen molar-refractivity contribution in [1.82, 2.24) is 0 Å². The molecular weight excluding hydrogens is 244 g/mol. The Morgan fingerprint density at radius 1 is 0.882 bits per heavy atom. The van der Waals surface area contributed by atoms with E-state index in [0.29, 0.717) is 15.2 Å². The second kappa shape index (κ2) is 9.52. The van der Waals surface area contributed by atoms with Crippen LogP contribution in [-0.4, -0.2) is 0 Å². The van der Waals surface area contributed by atoms with Crippen LogP contribution in [0.2, 0.25) is 0 Å². The van der Waals surface area contributed by atoms with Crippen molar-refractivity contribution in [2.45, 2.75) is 52.4 Å². The Labute approximate surface area is 113 Å². The molecule has 0 heterocycles. The van der Waals surface area contributed by atoms with Crippen LogP contribution in [0.5, 0.6) is 0 Å². The average Bonchev–Trinajstić information content (AvgIpc) is 3.01. The van der Waals surface area contributed by atoms with Gasteiger partial charge in [0.15, 0.2) is 0 Å². The van der Waals surface area contributed by atoms with Crippen LogP contribution < -0.4 is 0 Å². The van der Waals surface area contributed by atoms with Gasteiger partial charge < -0.3 is 0 Å². The van der Waals surface area contributed by atoms with Gasteiger partial charge in [0.2, 0.25) is 0 Å². The van der Waals surface area contributed by atoms with E-state index in [4.69, 9.17) is 0 Å². The molecule has 2 rings (SSSR count). The predicted octanol–water partition coefficient (Wildman–Crippen LogP) is 5.34. The summed E-state index contributed by atoms with van der Waals surface area (Å²) in [6, 6.07) is 0. The van der Waals surface area contributed by atoms with Gasteiger partial charge in [-0.3, -0.25) is 0 Å². The second-order valence-corrected chi connectivity index (χ2v) is 6.30. The number of hydrogen-bond donors (Lipinski definition) is 0. The fraction of sp³-hybridized carbons (Fsp3) is 0.500. The van der Waals surface area contributed by atoms with Crippen LogP contribution in [0, 0.1) is 0 Å². The Morgan fingerprint density at radius 2 is 1.35 bits per heavy atom. The van der Waals surface area contributed by atoms with Crippen LogP contribution in [0.3, 0.4) is 0 Å². The molecule has 0 bridgehead atoms. The van der Waals surface area contributed by atoms with Crippen LogP contribution in [-0.2, 0) is 15.2 Å². The molecule has 94 valence electrons. The van der Waals surface area contributed by atoms with Crippen molar-refractivity contribution in [3.8, 4) is 0 Å². The first-order chi connectivity index (χ1) is 8.36.